The van der Waals surface area contributed by atoms with Crippen molar-refractivity contribution in [3.8, 4) is 23.0 Å². The molecule has 4 aromatic heterocycles. The number of nitrogens with zero attached hydrogens (tertiary/aromatic N) is 8. The molecule has 0 amide bonds. The van der Waals surface area contributed by atoms with E-state index in [-0.39, 0.29) is 18.8 Å². The molecule has 0 spiro atoms. The van der Waals surface area contributed by atoms with E-state index in [1.54, 1.807) is 10.9 Å². The molecule has 0 aromatic carbocycles. The van der Waals surface area contributed by atoms with Gasteiger partial charge in [0, 0.05) is 20.1 Å². The third kappa shape index (κ3) is 4.60. The molecule has 2 atom stereocenters. The second-order valence-corrected chi connectivity index (χ2v) is 9.59. The van der Waals surface area contributed by atoms with Crippen LogP contribution < -0.4 is 9.47 Å². The van der Waals surface area contributed by atoms with Gasteiger partial charge in [0.15, 0.2) is 5.65 Å². The summed E-state index contributed by atoms with van der Waals surface area (Å²) in [5.41, 5.74) is 5.84. The van der Waals surface area contributed by atoms with Crippen molar-refractivity contribution in [2.75, 3.05) is 26.8 Å². The molecule has 196 valence electrons. The molecule has 0 unspecified atom stereocenters. The Morgan fingerprint density at radius 1 is 1.19 bits per heavy atom. The van der Waals surface area contributed by atoms with Crippen molar-refractivity contribution >= 4 is 17.8 Å². The maximum Gasteiger partial charge on any atom is 0.240 e. The lowest BCUT2D eigenvalue weighted by molar-refractivity contribution is 0.145. The number of aryl methyl sites for hydroxylation is 2. The molecule has 5 heterocycles. The Kier molecular flexibility index (Phi) is 6.74. The summed E-state index contributed by atoms with van der Waals surface area (Å²) < 4.78 is 17.8. The molecule has 5 rings (SSSR count). The summed E-state index contributed by atoms with van der Waals surface area (Å²) in [7, 11) is 3.93. The minimum Gasteiger partial charge on any atom is -0.476 e. The molecule has 11 nitrogen and oxygen atoms in total. The van der Waals surface area contributed by atoms with Crippen LogP contribution >= 0.6 is 0 Å². The van der Waals surface area contributed by atoms with Crippen LogP contribution in [-0.2, 0) is 13.6 Å². The van der Waals surface area contributed by atoms with Crippen molar-refractivity contribution in [1.29, 1.82) is 0 Å². The summed E-state index contributed by atoms with van der Waals surface area (Å²) in [4.78, 5) is 6.73. The lowest BCUT2D eigenvalue weighted by Gasteiger charge is -2.24. The van der Waals surface area contributed by atoms with Crippen LogP contribution in [0.1, 0.15) is 49.5 Å². The lowest BCUT2D eigenvalue weighted by Crippen LogP contribution is -2.32. The van der Waals surface area contributed by atoms with Gasteiger partial charge in [0.05, 0.1) is 59.4 Å². The van der Waals surface area contributed by atoms with Crippen LogP contribution in [0.15, 0.2) is 18.3 Å². The Morgan fingerprint density at radius 3 is 2.76 bits per heavy atom. The van der Waals surface area contributed by atoms with Crippen LogP contribution in [-0.4, -0.2) is 77.1 Å². The molecule has 1 aliphatic heterocycles. The fourth-order valence-corrected chi connectivity index (χ4v) is 4.83. The SMILES string of the molecule is CCOc1nn([C@@H](C)CO)c2c1/C=C/c1cnc3ccc(nn13)-c1c(C)nn(C)c1O[C@@H](C)CN(C)C2. The largest absolute Gasteiger partial charge is 0.476 e. The standard InChI is InChI=1S/C26H34N8O3/c1-7-36-25-20-9-8-19-12-27-23-11-10-21(29-34(19)23)24-18(4)28-32(6)26(24)37-17(3)13-31(5)14-22(20)33(30-25)16(2)15-35/h8-12,16-17,35H,7,13-15H2,1-6H3/b9-8+/t16-,17-/m0/s1. The second kappa shape index (κ2) is 9.98. The van der Waals surface area contributed by atoms with Gasteiger partial charge in [-0.25, -0.2) is 14.2 Å². The Balaban J connectivity index is 1.72. The minimum absolute atomic E-state index is 0.0325. The summed E-state index contributed by atoms with van der Waals surface area (Å²) in [5, 5.41) is 24.2. The maximum atomic E-state index is 9.94. The van der Waals surface area contributed by atoms with Gasteiger partial charge in [-0.3, -0.25) is 9.58 Å². The Bertz CT molecular complexity index is 1450. The second-order valence-electron chi connectivity index (χ2n) is 9.59. The molecule has 0 saturated heterocycles. The lowest BCUT2D eigenvalue weighted by atomic mass is 10.1. The maximum absolute atomic E-state index is 9.94. The van der Waals surface area contributed by atoms with E-state index >= 15 is 0 Å². The highest BCUT2D eigenvalue weighted by atomic mass is 16.5. The van der Waals surface area contributed by atoms with Gasteiger partial charge < -0.3 is 14.6 Å². The Labute approximate surface area is 215 Å². The van der Waals surface area contributed by atoms with Crippen LogP contribution in [0.3, 0.4) is 0 Å². The summed E-state index contributed by atoms with van der Waals surface area (Å²) >= 11 is 0. The predicted molar refractivity (Wildman–Crippen MR) is 140 cm³/mol. The number of aliphatic hydroxyl groups is 1. The molecule has 0 aliphatic carbocycles. The number of hydrogen-bond donors (Lipinski definition) is 1. The van der Waals surface area contributed by atoms with E-state index in [0.29, 0.717) is 31.5 Å². The van der Waals surface area contributed by atoms with Crippen LogP contribution in [0.4, 0.5) is 0 Å². The van der Waals surface area contributed by atoms with Crippen molar-refractivity contribution in [2.45, 2.75) is 46.4 Å². The zero-order valence-electron chi connectivity index (χ0n) is 22.2. The summed E-state index contributed by atoms with van der Waals surface area (Å²) in [6, 6.07) is 3.69. The van der Waals surface area contributed by atoms with E-state index in [0.717, 1.165) is 39.5 Å². The van der Waals surface area contributed by atoms with E-state index in [1.165, 1.54) is 0 Å². The van der Waals surface area contributed by atoms with E-state index in [9.17, 15) is 5.11 Å². The number of hydrogen-bond acceptors (Lipinski definition) is 8. The average Bonchev–Trinajstić information content (AvgIpc) is 3.50. The minimum atomic E-state index is -0.208. The van der Waals surface area contributed by atoms with E-state index < -0.39 is 0 Å². The predicted octanol–water partition coefficient (Wildman–Crippen LogP) is 2.97. The number of rotatable bonds is 4. The van der Waals surface area contributed by atoms with Crippen molar-refractivity contribution in [3.05, 3.63) is 41.0 Å². The number of imidazole rings is 1. The average molecular weight is 507 g/mol. The number of aliphatic hydroxyl groups excluding tert-OH is 1. The van der Waals surface area contributed by atoms with Gasteiger partial charge in [-0.1, -0.05) is 0 Å². The number of ether oxygens (including phenoxy) is 2. The van der Waals surface area contributed by atoms with Crippen LogP contribution in [0, 0.1) is 6.92 Å². The van der Waals surface area contributed by atoms with Crippen molar-refractivity contribution < 1.29 is 14.6 Å². The van der Waals surface area contributed by atoms with Gasteiger partial charge in [-0.05, 0) is 59.0 Å². The Hall–Kier alpha value is -3.70. The van der Waals surface area contributed by atoms with Crippen LogP contribution in [0.5, 0.6) is 11.8 Å². The molecule has 4 aromatic rings. The third-order valence-corrected chi connectivity index (χ3v) is 6.52. The number of likely N-dealkylation sites (N-methyl/N-ethyl adjacent to an activating group) is 1. The van der Waals surface area contributed by atoms with Gasteiger partial charge >= 0.3 is 0 Å². The molecule has 1 aliphatic rings. The topological polar surface area (TPSA) is 108 Å². The first-order chi connectivity index (χ1) is 17.8. The molecule has 0 fully saturated rings. The molecule has 11 heteroatoms. The fraction of sp³-hybridized carbons (Fsp3) is 0.462. The molecule has 0 saturated carbocycles. The third-order valence-electron chi connectivity index (χ3n) is 6.52. The fourth-order valence-electron chi connectivity index (χ4n) is 4.83. The first-order valence-electron chi connectivity index (χ1n) is 12.6. The first kappa shape index (κ1) is 25.0. The quantitative estimate of drug-likeness (QED) is 0.450. The van der Waals surface area contributed by atoms with Crippen LogP contribution in [0.25, 0.3) is 29.1 Å². The van der Waals surface area contributed by atoms with Gasteiger partial charge in [-0.2, -0.15) is 10.2 Å². The van der Waals surface area contributed by atoms with E-state index in [4.69, 9.17) is 19.7 Å². The van der Waals surface area contributed by atoms with Crippen molar-refractivity contribution in [3.63, 3.8) is 0 Å². The Morgan fingerprint density at radius 2 is 2.00 bits per heavy atom. The highest BCUT2D eigenvalue weighted by Gasteiger charge is 2.25. The molecule has 1 N–H and O–H groups in total. The zero-order valence-corrected chi connectivity index (χ0v) is 22.2. The normalized spacial score (nSPS) is 18.1. The van der Waals surface area contributed by atoms with Crippen molar-refractivity contribution in [1.82, 2.24) is 39.1 Å². The molecule has 2 bridgehead atoms. The monoisotopic (exact) mass is 506 g/mol. The van der Waals surface area contributed by atoms with Gasteiger partial charge in [0.25, 0.3) is 0 Å². The number of fused-ring (bicyclic) bond motifs is 4. The highest BCUT2D eigenvalue weighted by Crippen LogP contribution is 2.33. The van der Waals surface area contributed by atoms with E-state index in [2.05, 4.69) is 15.0 Å². The first-order valence-corrected chi connectivity index (χ1v) is 12.6. The smallest absolute Gasteiger partial charge is 0.240 e. The summed E-state index contributed by atoms with van der Waals surface area (Å²) in [6.07, 6.45) is 5.64. The van der Waals surface area contributed by atoms with Gasteiger partial charge in [0.2, 0.25) is 11.8 Å². The zero-order chi connectivity index (χ0) is 26.3. The van der Waals surface area contributed by atoms with Gasteiger partial charge in [0.1, 0.15) is 6.10 Å². The van der Waals surface area contributed by atoms with Gasteiger partial charge in [-0.15, -0.1) is 5.10 Å². The molecule has 37 heavy (non-hydrogen) atoms. The molecule has 0 radical (unpaired) electrons. The summed E-state index contributed by atoms with van der Waals surface area (Å²) in [6.45, 7) is 9.59. The number of aromatic nitrogens is 7. The highest BCUT2D eigenvalue weighted by molar-refractivity contribution is 5.74. The summed E-state index contributed by atoms with van der Waals surface area (Å²) in [5.74, 6) is 1.21. The molecular formula is C26H34N8O3. The van der Waals surface area contributed by atoms with Crippen LogP contribution in [0.2, 0.25) is 0 Å². The van der Waals surface area contributed by atoms with E-state index in [1.807, 2.05) is 75.3 Å². The molecular weight excluding hydrogens is 472 g/mol. The van der Waals surface area contributed by atoms with Crippen molar-refractivity contribution in [2.24, 2.45) is 7.05 Å².